The zero-order chi connectivity index (χ0) is 38.5. The Morgan fingerprint density at radius 3 is 2.34 bits per heavy atom. The lowest BCUT2D eigenvalue weighted by Crippen LogP contribution is -2.54. The molecule has 0 saturated carbocycles. The monoisotopic (exact) mass is 757 g/mol. The highest BCUT2D eigenvalue weighted by Gasteiger charge is 2.45. The lowest BCUT2D eigenvalue weighted by atomic mass is 9.95. The zero-order valence-electron chi connectivity index (χ0n) is 31.6. The van der Waals surface area contributed by atoms with Crippen molar-refractivity contribution in [1.82, 2.24) is 30.0 Å². The van der Waals surface area contributed by atoms with Crippen molar-refractivity contribution in [3.8, 4) is 0 Å². The normalized spacial score (nSPS) is 22.6. The van der Waals surface area contributed by atoms with Crippen LogP contribution in [0.25, 0.3) is 10.9 Å². The van der Waals surface area contributed by atoms with Crippen LogP contribution in [0.5, 0.6) is 0 Å². The lowest BCUT2D eigenvalue weighted by molar-refractivity contribution is -0.136. The van der Waals surface area contributed by atoms with Gasteiger partial charge in [0.15, 0.2) is 0 Å². The van der Waals surface area contributed by atoms with Crippen molar-refractivity contribution >= 4 is 57.6 Å². The van der Waals surface area contributed by atoms with Crippen molar-refractivity contribution in [2.24, 2.45) is 5.92 Å². The number of nitrogens with zero attached hydrogens (tertiary/aromatic N) is 6. The summed E-state index contributed by atoms with van der Waals surface area (Å²) in [5, 5.41) is 6.29. The predicted octanol–water partition coefficient (Wildman–Crippen LogP) is 4.02. The van der Waals surface area contributed by atoms with Crippen molar-refractivity contribution in [1.29, 1.82) is 0 Å². The quantitative estimate of drug-likeness (QED) is 0.225. The first-order valence-electron chi connectivity index (χ1n) is 19.9. The number of H-pyrrole nitrogens is 1. The smallest absolute Gasteiger partial charge is 0.262 e. The van der Waals surface area contributed by atoms with Crippen molar-refractivity contribution in [2.75, 3.05) is 74.5 Å². The molecule has 1 unspecified atom stereocenters. The second kappa shape index (κ2) is 14.8. The summed E-state index contributed by atoms with van der Waals surface area (Å²) in [6.45, 7) is 7.48. The number of nitrogens with one attached hydrogen (secondary N) is 3. The molecule has 2 atom stereocenters. The average Bonchev–Trinajstić information content (AvgIpc) is 3.90. The summed E-state index contributed by atoms with van der Waals surface area (Å²) < 4.78 is 0. The molecule has 0 bridgehead atoms. The molecule has 7 heterocycles. The first-order valence-corrected chi connectivity index (χ1v) is 19.9. The van der Waals surface area contributed by atoms with Gasteiger partial charge in [-0.3, -0.25) is 44.0 Å². The number of hydrogen-bond donors (Lipinski definition) is 3. The summed E-state index contributed by atoms with van der Waals surface area (Å²) in [6.07, 6.45) is 6.44. The molecule has 56 heavy (non-hydrogen) atoms. The molecular formula is C42H47N9O5. The molecule has 3 N–H and O–H groups in total. The number of anilines is 3. The Morgan fingerprint density at radius 2 is 1.57 bits per heavy atom. The number of fused-ring (bicyclic) bond motifs is 2. The largest absolute Gasteiger partial charge is 0.371 e. The molecule has 0 radical (unpaired) electrons. The van der Waals surface area contributed by atoms with Crippen molar-refractivity contribution < 1.29 is 24.0 Å². The van der Waals surface area contributed by atoms with E-state index < -0.39 is 23.8 Å². The molecule has 2 aromatic heterocycles. The van der Waals surface area contributed by atoms with E-state index in [0.29, 0.717) is 34.5 Å². The number of carbonyl (C=O) groups excluding carboxylic acids is 5. The van der Waals surface area contributed by atoms with Crippen LogP contribution in [0.4, 0.5) is 17.2 Å². The van der Waals surface area contributed by atoms with Crippen LogP contribution >= 0.6 is 0 Å². The lowest BCUT2D eigenvalue weighted by Gasteiger charge is -2.40. The van der Waals surface area contributed by atoms with Crippen LogP contribution in [0.2, 0.25) is 0 Å². The number of carbonyl (C=O) groups is 5. The van der Waals surface area contributed by atoms with Gasteiger partial charge in [0.05, 0.1) is 16.6 Å². The molecular weight excluding hydrogens is 711 g/mol. The number of likely N-dealkylation sites (tertiary alicyclic amines) is 1. The van der Waals surface area contributed by atoms with Crippen LogP contribution in [0.3, 0.4) is 0 Å². The molecule has 4 saturated heterocycles. The molecule has 2 aromatic carbocycles. The number of aromatic nitrogens is 2. The van der Waals surface area contributed by atoms with E-state index in [4.69, 9.17) is 0 Å². The Morgan fingerprint density at radius 1 is 0.804 bits per heavy atom. The third kappa shape index (κ3) is 6.92. The maximum absolute atomic E-state index is 13.3. The second-order valence-corrected chi connectivity index (χ2v) is 15.9. The van der Waals surface area contributed by atoms with E-state index in [2.05, 4.69) is 59.4 Å². The first-order chi connectivity index (χ1) is 27.2. The Labute approximate surface area is 325 Å². The Kier molecular flexibility index (Phi) is 9.54. The fourth-order valence-electron chi connectivity index (χ4n) is 9.21. The van der Waals surface area contributed by atoms with Gasteiger partial charge in [0.1, 0.15) is 11.9 Å². The zero-order valence-corrected chi connectivity index (χ0v) is 31.6. The maximum atomic E-state index is 13.3. The Hall–Kier alpha value is -5.60. The fourth-order valence-corrected chi connectivity index (χ4v) is 9.21. The van der Waals surface area contributed by atoms with Crippen molar-refractivity contribution in [3.05, 3.63) is 83.2 Å². The minimum Gasteiger partial charge on any atom is -0.371 e. The molecule has 0 aliphatic carbocycles. The minimum absolute atomic E-state index is 0.0964. The van der Waals surface area contributed by atoms with Gasteiger partial charge >= 0.3 is 0 Å². The number of piperidine rings is 2. The number of benzene rings is 2. The van der Waals surface area contributed by atoms with Crippen LogP contribution in [0.15, 0.2) is 60.8 Å². The molecule has 4 fully saturated rings. The molecule has 5 aliphatic rings. The van der Waals surface area contributed by atoms with Crippen LogP contribution in [-0.2, 0) is 9.59 Å². The van der Waals surface area contributed by atoms with Crippen molar-refractivity contribution in [2.45, 2.75) is 50.6 Å². The van der Waals surface area contributed by atoms with Crippen LogP contribution in [-0.4, -0.2) is 120 Å². The number of amides is 5. The summed E-state index contributed by atoms with van der Waals surface area (Å²) in [6, 6.07) is 16.7. The molecule has 5 amide bonds. The van der Waals surface area contributed by atoms with Crippen LogP contribution in [0.1, 0.15) is 81.3 Å². The average molecular weight is 758 g/mol. The van der Waals surface area contributed by atoms with E-state index in [1.54, 1.807) is 12.1 Å². The summed E-state index contributed by atoms with van der Waals surface area (Å²) in [5.74, 6) is -1.05. The maximum Gasteiger partial charge on any atom is 0.262 e. The molecule has 5 aliphatic heterocycles. The Balaban J connectivity index is 0.754. The number of pyridine rings is 1. The number of piperazine rings is 1. The molecule has 4 aromatic rings. The summed E-state index contributed by atoms with van der Waals surface area (Å²) in [7, 11) is 2.16. The van der Waals surface area contributed by atoms with Gasteiger partial charge in [-0.2, -0.15) is 0 Å². The Bertz CT molecular complexity index is 2220. The highest BCUT2D eigenvalue weighted by atomic mass is 16.2. The highest BCUT2D eigenvalue weighted by molar-refractivity contribution is 6.23. The molecule has 14 heteroatoms. The van der Waals surface area contributed by atoms with Gasteiger partial charge in [-0.1, -0.05) is 6.07 Å². The van der Waals surface area contributed by atoms with E-state index in [-0.39, 0.29) is 24.7 Å². The van der Waals surface area contributed by atoms with Gasteiger partial charge in [-0.05, 0) is 94.1 Å². The predicted molar refractivity (Wildman–Crippen MR) is 212 cm³/mol. The van der Waals surface area contributed by atoms with Gasteiger partial charge in [0, 0.05) is 98.6 Å². The first kappa shape index (κ1) is 36.1. The SMILES string of the molecule is CN1CCC[C@@H]1c1cc2cnc(NC(=O)c3cccc(N4CCN(CC5CCN(c6ccc7c(c6)C(=O)N(C6CCC(=O)NC6=O)C7=O)CC5)CC4)c3)cc2[nH]1. The summed E-state index contributed by atoms with van der Waals surface area (Å²) in [5.41, 5.74) is 5.32. The van der Waals surface area contributed by atoms with E-state index >= 15 is 0 Å². The molecule has 14 nitrogen and oxygen atoms in total. The number of aromatic amines is 1. The van der Waals surface area contributed by atoms with Gasteiger partial charge in [-0.15, -0.1) is 0 Å². The standard InChI is InChI=1S/C42H47N9O5/c1-47-13-3-6-35(47)34-21-28-24-43-37(23-33(28)44-34)45-39(53)27-4-2-5-29(20-27)50-18-16-48(17-19-50)25-26-11-14-49(15-12-26)30-7-8-31-32(22-30)42(56)51(41(31)55)36-9-10-38(52)46-40(36)54/h2,4-5,7-8,20-24,26,35-36,44H,3,6,9-19,25H2,1H3,(H,43,45,53)(H,46,52,54)/t35-,36?/m1/s1. The minimum atomic E-state index is -0.967. The van der Waals surface area contributed by atoms with E-state index in [1.165, 1.54) is 12.1 Å². The number of rotatable bonds is 8. The van der Waals surface area contributed by atoms with Gasteiger partial charge in [-0.25, -0.2) is 4.98 Å². The third-order valence-corrected chi connectivity index (χ3v) is 12.4. The van der Waals surface area contributed by atoms with E-state index in [9.17, 15) is 24.0 Å². The van der Waals surface area contributed by atoms with Crippen LogP contribution in [0, 0.1) is 5.92 Å². The van der Waals surface area contributed by atoms with E-state index in [1.807, 2.05) is 36.5 Å². The van der Waals surface area contributed by atoms with Gasteiger partial charge in [0.2, 0.25) is 11.8 Å². The topological polar surface area (TPSA) is 154 Å². The van der Waals surface area contributed by atoms with Crippen LogP contribution < -0.4 is 20.4 Å². The number of imide groups is 2. The van der Waals surface area contributed by atoms with Gasteiger partial charge < -0.3 is 20.1 Å². The number of hydrogen-bond acceptors (Lipinski definition) is 10. The van der Waals surface area contributed by atoms with Gasteiger partial charge in [0.25, 0.3) is 17.7 Å². The highest BCUT2D eigenvalue weighted by Crippen LogP contribution is 2.34. The summed E-state index contributed by atoms with van der Waals surface area (Å²) >= 11 is 0. The molecule has 290 valence electrons. The third-order valence-electron chi connectivity index (χ3n) is 12.4. The van der Waals surface area contributed by atoms with E-state index in [0.717, 1.165) is 98.8 Å². The molecule has 0 spiro atoms. The molecule has 9 rings (SSSR count). The summed E-state index contributed by atoms with van der Waals surface area (Å²) in [4.78, 5) is 82.5. The second-order valence-electron chi connectivity index (χ2n) is 15.9. The fraction of sp³-hybridized carbons (Fsp3) is 0.429. The van der Waals surface area contributed by atoms with Crippen molar-refractivity contribution in [3.63, 3.8) is 0 Å².